The number of benzene rings is 8. The molecule has 0 fully saturated rings. The van der Waals surface area contributed by atoms with E-state index in [-0.39, 0.29) is 0 Å². The molecule has 8 rings (SSSR count). The van der Waals surface area contributed by atoms with Crippen LogP contribution in [-0.4, -0.2) is 0 Å². The molecule has 0 unspecified atom stereocenters. The van der Waals surface area contributed by atoms with Crippen molar-refractivity contribution >= 4 is 43.8 Å². The van der Waals surface area contributed by atoms with E-state index in [1.54, 1.807) is 0 Å². The van der Waals surface area contributed by atoms with E-state index in [2.05, 4.69) is 215 Å². The molecule has 0 radical (unpaired) electrons. The van der Waals surface area contributed by atoms with Gasteiger partial charge in [-0.3, -0.25) is 0 Å². The van der Waals surface area contributed by atoms with E-state index in [0.717, 1.165) is 60.8 Å². The summed E-state index contributed by atoms with van der Waals surface area (Å²) in [6.45, 7) is 22.5. The van der Waals surface area contributed by atoms with Gasteiger partial charge < -0.3 is 0 Å². The van der Waals surface area contributed by atoms with E-state index in [1.807, 2.05) is 0 Å². The van der Waals surface area contributed by atoms with Gasteiger partial charge in [0.2, 0.25) is 0 Å². The lowest BCUT2D eigenvalue weighted by Gasteiger charge is -2.13. The van der Waals surface area contributed by atoms with Crippen molar-refractivity contribution in [3.63, 3.8) is 0 Å². The van der Waals surface area contributed by atoms with Crippen LogP contribution in [0.4, 0.5) is 0 Å². The summed E-state index contributed by atoms with van der Waals surface area (Å²) in [6, 6.07) is 65.3. The number of hydrogen-bond acceptors (Lipinski definition) is 0. The maximum atomic E-state index is 4.52. The Balaban J connectivity index is 0.861. The Kier molecular flexibility index (Phi) is 12.1. The maximum Gasteiger partial charge on any atom is -0.00196 e. The average molecular weight is 773 g/mol. The summed E-state index contributed by atoms with van der Waals surface area (Å²) in [7, 11) is 0. The largest absolute Gasteiger partial charge is 0.0992 e. The van der Waals surface area contributed by atoms with Crippen LogP contribution in [0.1, 0.15) is 55.6 Å². The van der Waals surface area contributed by atoms with Crippen LogP contribution in [0.25, 0.3) is 43.8 Å². The predicted octanol–water partition coefficient (Wildman–Crippen LogP) is 15.4. The summed E-state index contributed by atoms with van der Waals surface area (Å²) in [4.78, 5) is 0. The SMILES string of the molecule is C=C(Cc1cccc(C(=C)Cc2cccc(C(=C)Cc3cccc4ccccc34)c2)c1)Cc1cccc(C(=C)Cc2cccc(C(=C)Cc3cccc4ccccc34)c2)c1. The lowest BCUT2D eigenvalue weighted by molar-refractivity contribution is 1.04. The van der Waals surface area contributed by atoms with Gasteiger partial charge >= 0.3 is 0 Å². The minimum Gasteiger partial charge on any atom is -0.0992 e. The van der Waals surface area contributed by atoms with Gasteiger partial charge in [-0.05, 0) is 138 Å². The van der Waals surface area contributed by atoms with E-state index >= 15 is 0 Å². The van der Waals surface area contributed by atoms with Crippen molar-refractivity contribution in [3.05, 3.63) is 276 Å². The van der Waals surface area contributed by atoms with E-state index < -0.39 is 0 Å². The summed E-state index contributed by atoms with van der Waals surface area (Å²) in [5.41, 5.74) is 17.9. The van der Waals surface area contributed by atoms with Crippen molar-refractivity contribution in [2.75, 3.05) is 0 Å². The second-order valence-corrected chi connectivity index (χ2v) is 16.3. The van der Waals surface area contributed by atoms with E-state index in [4.69, 9.17) is 0 Å². The van der Waals surface area contributed by atoms with Crippen LogP contribution in [0.3, 0.4) is 0 Å². The molecule has 292 valence electrons. The highest BCUT2D eigenvalue weighted by atomic mass is 14.2. The van der Waals surface area contributed by atoms with Gasteiger partial charge in [-0.15, -0.1) is 0 Å². The van der Waals surface area contributed by atoms with Crippen molar-refractivity contribution in [3.8, 4) is 0 Å². The summed E-state index contributed by atoms with van der Waals surface area (Å²) in [6.07, 6.45) is 4.81. The monoisotopic (exact) mass is 772 g/mol. The van der Waals surface area contributed by atoms with Crippen LogP contribution in [0.5, 0.6) is 0 Å². The number of hydrogen-bond donors (Lipinski definition) is 0. The van der Waals surface area contributed by atoms with E-state index in [0.29, 0.717) is 0 Å². The van der Waals surface area contributed by atoms with E-state index in [9.17, 15) is 0 Å². The Morgan fingerprint density at radius 1 is 0.283 bits per heavy atom. The summed E-state index contributed by atoms with van der Waals surface area (Å²) < 4.78 is 0. The lowest BCUT2D eigenvalue weighted by atomic mass is 9.91. The fraction of sp³-hybridized carbons (Fsp3) is 0.100. The molecule has 0 saturated carbocycles. The number of allylic oxidation sites excluding steroid dienone is 5. The molecule has 0 heterocycles. The van der Waals surface area contributed by atoms with Crippen LogP contribution >= 0.6 is 0 Å². The summed E-state index contributed by atoms with van der Waals surface area (Å²) >= 11 is 0. The van der Waals surface area contributed by atoms with Crippen LogP contribution in [-0.2, 0) is 38.5 Å². The van der Waals surface area contributed by atoms with Crippen LogP contribution < -0.4 is 0 Å². The summed E-state index contributed by atoms with van der Waals surface area (Å²) in [5.74, 6) is 0. The van der Waals surface area contributed by atoms with Crippen LogP contribution in [0.15, 0.2) is 220 Å². The van der Waals surface area contributed by atoms with Gasteiger partial charge in [0.1, 0.15) is 0 Å². The van der Waals surface area contributed by atoms with Gasteiger partial charge in [-0.1, -0.05) is 220 Å². The lowest BCUT2D eigenvalue weighted by Crippen LogP contribution is -1.98. The first-order valence-electron chi connectivity index (χ1n) is 20.9. The third-order valence-electron chi connectivity index (χ3n) is 11.7. The Bertz CT molecular complexity index is 2700. The maximum absolute atomic E-state index is 4.52. The molecule has 0 nitrogen and oxygen atoms in total. The first kappa shape index (κ1) is 39.8. The molecule has 0 atom stereocenters. The molecule has 0 aromatic heterocycles. The average Bonchev–Trinajstić information content (AvgIpc) is 3.27. The molecule has 8 aromatic carbocycles. The molecule has 0 bridgehead atoms. The highest BCUT2D eigenvalue weighted by Gasteiger charge is 2.11. The molecule has 0 aliphatic rings. The van der Waals surface area contributed by atoms with Crippen molar-refractivity contribution in [2.24, 2.45) is 0 Å². The highest BCUT2D eigenvalue weighted by Crippen LogP contribution is 2.29. The molecule has 0 amide bonds. The van der Waals surface area contributed by atoms with Gasteiger partial charge in [0.05, 0.1) is 0 Å². The normalized spacial score (nSPS) is 11.1. The molecular formula is C60H52. The second kappa shape index (κ2) is 18.3. The standard InChI is InChI=1S/C60H52/c1-42(32-47-16-10-24-53(38-47)43(2)34-49-18-12-26-55(40-49)45(4)36-57-28-14-22-51-20-6-8-30-59(51)57)33-48-17-11-25-54(39-48)44(3)35-50-19-13-27-56(41-50)46(5)37-58-29-15-23-52-21-7-9-31-60(52)58/h6-31,38-41H,1-5,32-37H2. The topological polar surface area (TPSA) is 0 Å². The smallest absolute Gasteiger partial charge is 0.00196 e. The Labute approximate surface area is 356 Å². The van der Waals surface area contributed by atoms with Crippen molar-refractivity contribution in [1.29, 1.82) is 0 Å². The first-order chi connectivity index (χ1) is 29.3. The second-order valence-electron chi connectivity index (χ2n) is 16.3. The Morgan fingerprint density at radius 2 is 0.583 bits per heavy atom. The van der Waals surface area contributed by atoms with Gasteiger partial charge in [0.25, 0.3) is 0 Å². The fourth-order valence-corrected chi connectivity index (χ4v) is 8.50. The van der Waals surface area contributed by atoms with Crippen molar-refractivity contribution in [2.45, 2.75) is 38.5 Å². The van der Waals surface area contributed by atoms with Crippen molar-refractivity contribution in [1.82, 2.24) is 0 Å². The van der Waals surface area contributed by atoms with Gasteiger partial charge in [0, 0.05) is 0 Å². The fourth-order valence-electron chi connectivity index (χ4n) is 8.50. The van der Waals surface area contributed by atoms with Gasteiger partial charge in [-0.2, -0.15) is 0 Å². The zero-order valence-corrected chi connectivity index (χ0v) is 34.6. The molecule has 0 heteroatoms. The Hall–Kier alpha value is -7.02. The Morgan fingerprint density at radius 3 is 0.967 bits per heavy atom. The van der Waals surface area contributed by atoms with E-state index in [1.165, 1.54) is 82.8 Å². The predicted molar refractivity (Wildman–Crippen MR) is 261 cm³/mol. The third kappa shape index (κ3) is 9.63. The van der Waals surface area contributed by atoms with Gasteiger partial charge in [-0.25, -0.2) is 0 Å². The molecule has 0 aliphatic heterocycles. The number of rotatable bonds is 16. The molecule has 0 N–H and O–H groups in total. The quantitative estimate of drug-likeness (QED) is 0.0858. The zero-order chi connectivity index (χ0) is 41.4. The molecule has 0 spiro atoms. The molecule has 0 aliphatic carbocycles. The zero-order valence-electron chi connectivity index (χ0n) is 34.6. The highest BCUT2D eigenvalue weighted by molar-refractivity contribution is 5.88. The summed E-state index contributed by atoms with van der Waals surface area (Å²) in [5, 5.41) is 5.10. The van der Waals surface area contributed by atoms with Crippen LogP contribution in [0, 0.1) is 0 Å². The van der Waals surface area contributed by atoms with Gasteiger partial charge in [0.15, 0.2) is 0 Å². The molecule has 8 aromatic rings. The third-order valence-corrected chi connectivity index (χ3v) is 11.7. The van der Waals surface area contributed by atoms with Crippen molar-refractivity contribution < 1.29 is 0 Å². The number of fused-ring (bicyclic) bond motifs is 2. The van der Waals surface area contributed by atoms with Crippen LogP contribution in [0.2, 0.25) is 0 Å². The molecule has 0 saturated heterocycles. The minimum atomic E-state index is 0.778. The molecule has 60 heavy (non-hydrogen) atoms. The first-order valence-corrected chi connectivity index (χ1v) is 20.9. The molecular weight excluding hydrogens is 721 g/mol. The minimum absolute atomic E-state index is 0.778.